The first-order valence-electron chi connectivity index (χ1n) is 6.59. The van der Waals surface area contributed by atoms with Gasteiger partial charge in [0.1, 0.15) is 17.2 Å². The van der Waals surface area contributed by atoms with Crippen molar-refractivity contribution in [3.63, 3.8) is 0 Å². The van der Waals surface area contributed by atoms with Crippen molar-refractivity contribution in [1.82, 2.24) is 9.88 Å². The highest BCUT2D eigenvalue weighted by atomic mass is 32.1. The molecule has 0 aromatic carbocycles. The molecule has 0 atom stereocenters. The molecule has 1 aromatic heterocycles. The Labute approximate surface area is 129 Å². The molecule has 0 bridgehead atoms. The molecule has 0 aliphatic rings. The first kappa shape index (κ1) is 17.0. The molecule has 1 amide bonds. The van der Waals surface area contributed by atoms with Crippen LogP contribution in [0, 0.1) is 0 Å². The largest absolute Gasteiger partial charge is 0.465 e. The fourth-order valence-electron chi connectivity index (χ4n) is 1.65. The summed E-state index contributed by atoms with van der Waals surface area (Å²) in [7, 11) is 0. The van der Waals surface area contributed by atoms with Gasteiger partial charge < -0.3 is 15.4 Å². The summed E-state index contributed by atoms with van der Waals surface area (Å²) >= 11 is 4.83. The van der Waals surface area contributed by atoms with E-state index in [2.05, 4.69) is 4.98 Å². The number of rotatable bonds is 6. The van der Waals surface area contributed by atoms with Gasteiger partial charge in [-0.2, -0.15) is 0 Å². The van der Waals surface area contributed by atoms with E-state index in [1.165, 1.54) is 17.2 Å². The van der Waals surface area contributed by atoms with Crippen molar-refractivity contribution in [1.29, 1.82) is 0 Å². The Bertz CT molecular complexity index is 529. The molecule has 0 saturated heterocycles. The van der Waals surface area contributed by atoms with E-state index in [1.807, 2.05) is 13.8 Å². The summed E-state index contributed by atoms with van der Waals surface area (Å²) in [6.45, 7) is 5.53. The third-order valence-electron chi connectivity index (χ3n) is 2.76. The summed E-state index contributed by atoms with van der Waals surface area (Å²) < 4.78 is 4.87. The fraction of sp³-hybridized carbons (Fsp3) is 0.429. The Hall–Kier alpha value is -2.02. The molecule has 0 saturated carbocycles. The second-order valence-corrected chi connectivity index (χ2v) is 5.07. The summed E-state index contributed by atoms with van der Waals surface area (Å²) in [6, 6.07) is 3.02. The maximum Gasteiger partial charge on any atom is 0.325 e. The molecule has 6 nitrogen and oxygen atoms in total. The van der Waals surface area contributed by atoms with E-state index in [0.717, 1.165) is 0 Å². The van der Waals surface area contributed by atoms with Crippen molar-refractivity contribution in [2.75, 3.05) is 13.2 Å². The van der Waals surface area contributed by atoms with Crippen LogP contribution in [-0.2, 0) is 9.53 Å². The van der Waals surface area contributed by atoms with E-state index in [-0.39, 0.29) is 35.8 Å². The second-order valence-electron chi connectivity index (χ2n) is 4.63. The monoisotopic (exact) mass is 309 g/mol. The van der Waals surface area contributed by atoms with Crippen molar-refractivity contribution in [3.8, 4) is 0 Å². The van der Waals surface area contributed by atoms with Crippen molar-refractivity contribution >= 4 is 29.1 Å². The van der Waals surface area contributed by atoms with Crippen LogP contribution in [0.15, 0.2) is 18.3 Å². The molecule has 0 spiro atoms. The molecule has 7 heteroatoms. The average Bonchev–Trinajstić information content (AvgIpc) is 2.44. The van der Waals surface area contributed by atoms with Crippen LogP contribution in [0.25, 0.3) is 0 Å². The third kappa shape index (κ3) is 4.78. The lowest BCUT2D eigenvalue weighted by Crippen LogP contribution is -2.41. The molecule has 1 rings (SSSR count). The molecule has 0 unspecified atom stereocenters. The van der Waals surface area contributed by atoms with E-state index in [4.69, 9.17) is 22.7 Å². The highest BCUT2D eigenvalue weighted by Crippen LogP contribution is 2.08. The number of hydrogen-bond donors (Lipinski definition) is 1. The van der Waals surface area contributed by atoms with Gasteiger partial charge in [-0.05, 0) is 32.9 Å². The molecular weight excluding hydrogens is 290 g/mol. The molecule has 0 radical (unpaired) electrons. The van der Waals surface area contributed by atoms with E-state index in [0.29, 0.717) is 5.56 Å². The van der Waals surface area contributed by atoms with Crippen LogP contribution in [0.4, 0.5) is 0 Å². The summed E-state index contributed by atoms with van der Waals surface area (Å²) in [5, 5.41) is 0. The Morgan fingerprint density at radius 3 is 2.52 bits per heavy atom. The number of aromatic nitrogens is 1. The SMILES string of the molecule is CCOC(=O)CN(C(=O)c1ccc(C(N)=S)cn1)C(C)C. The van der Waals surface area contributed by atoms with Crippen LogP contribution in [0.3, 0.4) is 0 Å². The third-order valence-corrected chi connectivity index (χ3v) is 2.99. The molecule has 1 heterocycles. The summed E-state index contributed by atoms with van der Waals surface area (Å²) in [5.74, 6) is -0.785. The zero-order chi connectivity index (χ0) is 16.0. The van der Waals surface area contributed by atoms with Crippen molar-refractivity contribution in [2.24, 2.45) is 5.73 Å². The smallest absolute Gasteiger partial charge is 0.325 e. The van der Waals surface area contributed by atoms with Gasteiger partial charge >= 0.3 is 5.97 Å². The lowest BCUT2D eigenvalue weighted by molar-refractivity contribution is -0.144. The van der Waals surface area contributed by atoms with E-state index in [1.54, 1.807) is 13.0 Å². The highest BCUT2D eigenvalue weighted by Gasteiger charge is 2.23. The summed E-state index contributed by atoms with van der Waals surface area (Å²) in [4.78, 5) is 29.6. The number of carbonyl (C=O) groups excluding carboxylic acids is 2. The first-order valence-corrected chi connectivity index (χ1v) is 7.00. The summed E-state index contributed by atoms with van der Waals surface area (Å²) in [5.41, 5.74) is 6.30. The first-order chi connectivity index (χ1) is 9.86. The quantitative estimate of drug-likeness (QED) is 0.626. The minimum atomic E-state index is -0.445. The van der Waals surface area contributed by atoms with Crippen molar-refractivity contribution in [2.45, 2.75) is 26.8 Å². The maximum atomic E-state index is 12.4. The molecule has 0 aliphatic heterocycles. The van der Waals surface area contributed by atoms with Crippen molar-refractivity contribution < 1.29 is 14.3 Å². The number of ether oxygens (including phenoxy) is 1. The minimum Gasteiger partial charge on any atom is -0.465 e. The molecule has 0 aliphatic carbocycles. The normalized spacial score (nSPS) is 10.3. The maximum absolute atomic E-state index is 12.4. The zero-order valence-electron chi connectivity index (χ0n) is 12.3. The minimum absolute atomic E-state index is 0.108. The number of esters is 1. The predicted octanol–water partition coefficient (Wildman–Crippen LogP) is 1.13. The van der Waals surface area contributed by atoms with Gasteiger partial charge in [-0.15, -0.1) is 0 Å². The van der Waals surface area contributed by atoms with E-state index >= 15 is 0 Å². The fourth-order valence-corrected chi connectivity index (χ4v) is 1.77. The van der Waals surface area contributed by atoms with Crippen LogP contribution in [0.1, 0.15) is 36.8 Å². The van der Waals surface area contributed by atoms with Gasteiger partial charge in [-0.3, -0.25) is 14.6 Å². The van der Waals surface area contributed by atoms with Crippen LogP contribution >= 0.6 is 12.2 Å². The van der Waals surface area contributed by atoms with Gasteiger partial charge in [-0.25, -0.2) is 0 Å². The molecule has 21 heavy (non-hydrogen) atoms. The predicted molar refractivity (Wildman–Crippen MR) is 82.9 cm³/mol. The highest BCUT2D eigenvalue weighted by molar-refractivity contribution is 7.80. The lowest BCUT2D eigenvalue weighted by atomic mass is 10.2. The summed E-state index contributed by atoms with van der Waals surface area (Å²) in [6.07, 6.45) is 1.44. The second kappa shape index (κ2) is 7.68. The van der Waals surface area contributed by atoms with Gasteiger partial charge in [0, 0.05) is 17.8 Å². The topological polar surface area (TPSA) is 85.5 Å². The van der Waals surface area contributed by atoms with Crippen molar-refractivity contribution in [3.05, 3.63) is 29.6 Å². The molecule has 114 valence electrons. The number of nitrogens with two attached hydrogens (primary N) is 1. The number of amides is 1. The van der Waals surface area contributed by atoms with E-state index < -0.39 is 5.97 Å². The standard InChI is InChI=1S/C14H19N3O3S/c1-4-20-12(18)8-17(9(2)3)14(19)11-6-5-10(7-16-11)13(15)21/h5-7,9H,4,8H2,1-3H3,(H2,15,21). The Kier molecular flexibility index (Phi) is 6.23. The van der Waals surface area contributed by atoms with Crippen LogP contribution < -0.4 is 5.73 Å². The van der Waals surface area contributed by atoms with Gasteiger partial charge in [0.05, 0.1) is 6.61 Å². The van der Waals surface area contributed by atoms with Gasteiger partial charge in [0.2, 0.25) is 0 Å². The van der Waals surface area contributed by atoms with Crippen LogP contribution in [0.2, 0.25) is 0 Å². The number of thiocarbonyl (C=S) groups is 1. The molecule has 1 aromatic rings. The molecule has 2 N–H and O–H groups in total. The van der Waals surface area contributed by atoms with Crippen LogP contribution in [-0.4, -0.2) is 45.9 Å². The Morgan fingerprint density at radius 1 is 1.43 bits per heavy atom. The number of carbonyl (C=O) groups is 2. The molecular formula is C14H19N3O3S. The number of hydrogen-bond acceptors (Lipinski definition) is 5. The average molecular weight is 309 g/mol. The van der Waals surface area contributed by atoms with Gasteiger partial charge in [0.25, 0.3) is 5.91 Å². The van der Waals surface area contributed by atoms with Gasteiger partial charge in [-0.1, -0.05) is 12.2 Å². The zero-order valence-corrected chi connectivity index (χ0v) is 13.1. The Morgan fingerprint density at radius 2 is 2.10 bits per heavy atom. The number of nitrogens with zero attached hydrogens (tertiary/aromatic N) is 2. The van der Waals surface area contributed by atoms with E-state index in [9.17, 15) is 9.59 Å². The van der Waals surface area contributed by atoms with Gasteiger partial charge in [0.15, 0.2) is 0 Å². The Balaban J connectivity index is 2.90. The molecule has 0 fully saturated rings. The lowest BCUT2D eigenvalue weighted by Gasteiger charge is -2.25. The number of pyridine rings is 1. The van der Waals surface area contributed by atoms with Crippen LogP contribution in [0.5, 0.6) is 0 Å².